The quantitative estimate of drug-likeness (QED) is 0.179. The highest BCUT2D eigenvalue weighted by molar-refractivity contribution is 5.89. The molecule has 0 amide bonds. The molecular formula is C57H47N3. The van der Waals surface area contributed by atoms with Crippen LogP contribution in [0.4, 0.5) is 0 Å². The van der Waals surface area contributed by atoms with Gasteiger partial charge < -0.3 is 0 Å². The molecule has 3 heteroatoms. The second-order valence-corrected chi connectivity index (χ2v) is 19.7. The zero-order valence-electron chi connectivity index (χ0n) is 35.6. The number of fused-ring (bicyclic) bond motifs is 12. The molecule has 0 saturated heterocycles. The van der Waals surface area contributed by atoms with E-state index in [0.717, 1.165) is 50.9 Å². The van der Waals surface area contributed by atoms with Gasteiger partial charge >= 0.3 is 0 Å². The first-order valence-electron chi connectivity index (χ1n) is 21.4. The van der Waals surface area contributed by atoms with Crippen LogP contribution < -0.4 is 0 Å². The van der Waals surface area contributed by atoms with Crippen molar-refractivity contribution in [2.75, 3.05) is 0 Å². The fourth-order valence-corrected chi connectivity index (χ4v) is 11.4. The van der Waals surface area contributed by atoms with Gasteiger partial charge in [-0.2, -0.15) is 0 Å². The van der Waals surface area contributed by atoms with E-state index in [4.69, 9.17) is 15.0 Å². The van der Waals surface area contributed by atoms with Gasteiger partial charge in [-0.3, -0.25) is 0 Å². The fraction of sp³-hybridized carbons (Fsp3) is 0.211. The highest BCUT2D eigenvalue weighted by Crippen LogP contribution is 2.54. The molecule has 4 aliphatic carbocycles. The molecule has 3 aromatic heterocycles. The second-order valence-electron chi connectivity index (χ2n) is 19.7. The minimum atomic E-state index is -0.163. The van der Waals surface area contributed by atoms with Crippen LogP contribution in [-0.2, 0) is 21.7 Å². The standard InChI is InChI=1S/C57H47N3/c1-54(2)42-20-17-32(48-26-23-45-51(58-48)35-13-9-11-15-40(35)55(45,3)4)29-37(42)38-30-33(18-21-43(38)54)49-28-25-47-53(60-49)39-31-34(19-22-44(39)57(47,7)8)50-27-24-46-52(59-50)36-14-10-12-16-41(36)56(46,5)6/h9-31H,1-8H3. The number of aromatic nitrogens is 3. The molecule has 12 rings (SSSR count). The molecule has 0 bridgehead atoms. The molecule has 5 aromatic carbocycles. The summed E-state index contributed by atoms with van der Waals surface area (Å²) in [6.45, 7) is 18.6. The monoisotopic (exact) mass is 773 g/mol. The molecule has 0 spiro atoms. The van der Waals surface area contributed by atoms with E-state index in [0.29, 0.717) is 0 Å². The van der Waals surface area contributed by atoms with Crippen LogP contribution in [0.1, 0.15) is 99.9 Å². The third-order valence-corrected chi connectivity index (χ3v) is 14.9. The Morgan fingerprint density at radius 3 is 0.950 bits per heavy atom. The van der Waals surface area contributed by atoms with Gasteiger partial charge in [0.2, 0.25) is 0 Å². The Morgan fingerprint density at radius 1 is 0.267 bits per heavy atom. The maximum absolute atomic E-state index is 5.52. The fourth-order valence-electron chi connectivity index (χ4n) is 11.4. The maximum Gasteiger partial charge on any atom is 0.0753 e. The Kier molecular flexibility index (Phi) is 6.88. The van der Waals surface area contributed by atoms with Crippen LogP contribution in [0.3, 0.4) is 0 Å². The van der Waals surface area contributed by atoms with Crippen molar-refractivity contribution in [3.05, 3.63) is 184 Å². The highest BCUT2D eigenvalue weighted by atomic mass is 14.8. The molecule has 0 saturated carbocycles. The van der Waals surface area contributed by atoms with Gasteiger partial charge in [0.05, 0.1) is 34.2 Å². The van der Waals surface area contributed by atoms with Crippen molar-refractivity contribution in [1.29, 1.82) is 0 Å². The lowest BCUT2D eigenvalue weighted by Gasteiger charge is -2.22. The topological polar surface area (TPSA) is 38.7 Å². The van der Waals surface area contributed by atoms with E-state index in [9.17, 15) is 0 Å². The van der Waals surface area contributed by atoms with Crippen LogP contribution in [0.2, 0.25) is 0 Å². The van der Waals surface area contributed by atoms with Gasteiger partial charge in [-0.05, 0) is 92.0 Å². The Hall–Kier alpha value is -6.45. The van der Waals surface area contributed by atoms with Crippen molar-refractivity contribution in [3.8, 4) is 78.7 Å². The molecule has 0 aliphatic heterocycles. The predicted molar refractivity (Wildman–Crippen MR) is 246 cm³/mol. The van der Waals surface area contributed by atoms with E-state index >= 15 is 0 Å². The van der Waals surface area contributed by atoms with Gasteiger partial charge in [-0.15, -0.1) is 0 Å². The van der Waals surface area contributed by atoms with Gasteiger partial charge in [0.25, 0.3) is 0 Å². The Bertz CT molecular complexity index is 3000. The van der Waals surface area contributed by atoms with E-state index in [1.807, 2.05) is 0 Å². The number of rotatable bonds is 3. The van der Waals surface area contributed by atoms with Crippen LogP contribution in [0.5, 0.6) is 0 Å². The number of hydrogen-bond donors (Lipinski definition) is 0. The lowest BCUT2D eigenvalue weighted by atomic mass is 9.81. The summed E-state index contributed by atoms with van der Waals surface area (Å²) < 4.78 is 0. The molecule has 0 unspecified atom stereocenters. The van der Waals surface area contributed by atoms with Crippen molar-refractivity contribution in [2.24, 2.45) is 0 Å². The van der Waals surface area contributed by atoms with Crippen molar-refractivity contribution in [2.45, 2.75) is 77.0 Å². The molecular weight excluding hydrogens is 727 g/mol. The normalized spacial score (nSPS) is 16.9. The summed E-state index contributed by atoms with van der Waals surface area (Å²) in [5.41, 5.74) is 26.0. The van der Waals surface area contributed by atoms with Gasteiger partial charge in [0.15, 0.2) is 0 Å². The third-order valence-electron chi connectivity index (χ3n) is 14.9. The molecule has 60 heavy (non-hydrogen) atoms. The summed E-state index contributed by atoms with van der Waals surface area (Å²) >= 11 is 0. The molecule has 4 aliphatic rings. The van der Waals surface area contributed by atoms with Gasteiger partial charge in [0, 0.05) is 55.0 Å². The molecule has 290 valence electrons. The molecule has 3 nitrogen and oxygen atoms in total. The van der Waals surface area contributed by atoms with Crippen LogP contribution in [0, 0.1) is 0 Å². The largest absolute Gasteiger partial charge is 0.247 e. The lowest BCUT2D eigenvalue weighted by Crippen LogP contribution is -2.15. The highest BCUT2D eigenvalue weighted by Gasteiger charge is 2.40. The van der Waals surface area contributed by atoms with Crippen molar-refractivity contribution in [1.82, 2.24) is 15.0 Å². The van der Waals surface area contributed by atoms with Crippen molar-refractivity contribution >= 4 is 0 Å². The van der Waals surface area contributed by atoms with Crippen molar-refractivity contribution < 1.29 is 0 Å². The minimum absolute atomic E-state index is 0.0647. The average molecular weight is 774 g/mol. The lowest BCUT2D eigenvalue weighted by molar-refractivity contribution is 0.658. The smallest absolute Gasteiger partial charge is 0.0753 e. The molecule has 3 heterocycles. The zero-order valence-corrected chi connectivity index (χ0v) is 35.6. The third kappa shape index (κ3) is 4.58. The number of pyridine rings is 3. The van der Waals surface area contributed by atoms with Crippen molar-refractivity contribution in [3.63, 3.8) is 0 Å². The summed E-state index contributed by atoms with van der Waals surface area (Å²) in [5, 5.41) is 0. The first-order valence-corrected chi connectivity index (χ1v) is 21.4. The van der Waals surface area contributed by atoms with Crippen LogP contribution in [0.15, 0.2) is 140 Å². The molecule has 0 N–H and O–H groups in total. The molecule has 0 radical (unpaired) electrons. The van der Waals surface area contributed by atoms with E-state index in [2.05, 4.69) is 195 Å². The summed E-state index contributed by atoms with van der Waals surface area (Å²) in [6.07, 6.45) is 0. The predicted octanol–water partition coefficient (Wildman–Crippen LogP) is 14.1. The summed E-state index contributed by atoms with van der Waals surface area (Å²) in [5.74, 6) is 0. The number of benzene rings is 5. The molecule has 8 aromatic rings. The molecule has 0 fully saturated rings. The van der Waals surface area contributed by atoms with E-state index in [-0.39, 0.29) is 21.7 Å². The Morgan fingerprint density at radius 2 is 0.550 bits per heavy atom. The van der Waals surface area contributed by atoms with Crippen LogP contribution in [0.25, 0.3) is 78.7 Å². The second kappa shape index (κ2) is 11.6. The van der Waals surface area contributed by atoms with Crippen LogP contribution >= 0.6 is 0 Å². The Balaban J connectivity index is 0.933. The first-order chi connectivity index (χ1) is 28.7. The first kappa shape index (κ1) is 35.5. The van der Waals surface area contributed by atoms with E-state index in [1.54, 1.807) is 0 Å². The summed E-state index contributed by atoms with van der Waals surface area (Å²) in [6, 6.07) is 51.8. The Labute approximate surface area is 353 Å². The summed E-state index contributed by atoms with van der Waals surface area (Å²) in [4.78, 5) is 16.2. The maximum atomic E-state index is 5.52. The van der Waals surface area contributed by atoms with E-state index in [1.165, 1.54) is 72.3 Å². The van der Waals surface area contributed by atoms with Crippen LogP contribution in [-0.4, -0.2) is 15.0 Å². The molecule has 0 atom stereocenters. The van der Waals surface area contributed by atoms with Gasteiger partial charge in [0.1, 0.15) is 0 Å². The zero-order chi connectivity index (χ0) is 41.1. The number of hydrogen-bond acceptors (Lipinski definition) is 3. The minimum Gasteiger partial charge on any atom is -0.247 e. The van der Waals surface area contributed by atoms with Gasteiger partial charge in [-0.25, -0.2) is 15.0 Å². The van der Waals surface area contributed by atoms with E-state index < -0.39 is 0 Å². The average Bonchev–Trinajstić information content (AvgIpc) is 3.82. The SMILES string of the molecule is CC1(C)c2ccc(-c3ccc4c(n3)-c3ccccc3C4(C)C)cc2-c2cc(-c3ccc4c(n3)-c3cc(-c5ccc6c(n5)-c5ccccc5C6(C)C)ccc3C4(C)C)ccc21. The number of nitrogens with zero attached hydrogens (tertiary/aromatic N) is 3. The summed E-state index contributed by atoms with van der Waals surface area (Å²) in [7, 11) is 0. The van der Waals surface area contributed by atoms with Gasteiger partial charge in [-0.1, -0.05) is 159 Å².